The Kier molecular flexibility index (Phi) is 4.84. The van der Waals surface area contributed by atoms with E-state index in [-0.39, 0.29) is 6.04 Å². The van der Waals surface area contributed by atoms with Gasteiger partial charge in [0.15, 0.2) is 5.58 Å². The van der Waals surface area contributed by atoms with Gasteiger partial charge in [0.1, 0.15) is 5.76 Å². The van der Waals surface area contributed by atoms with E-state index in [1.54, 1.807) is 0 Å². The zero-order valence-electron chi connectivity index (χ0n) is 12.3. The molecular formula is C17H23ClN2O. The van der Waals surface area contributed by atoms with Crippen LogP contribution in [0.3, 0.4) is 0 Å². The van der Waals surface area contributed by atoms with Gasteiger partial charge in [-0.15, -0.1) is 0 Å². The zero-order chi connectivity index (χ0) is 14.7. The summed E-state index contributed by atoms with van der Waals surface area (Å²) in [7, 11) is 0. The maximum atomic E-state index is 6.21. The number of nitrogens with one attached hydrogen (secondary N) is 1. The van der Waals surface area contributed by atoms with E-state index in [1.807, 2.05) is 18.2 Å². The summed E-state index contributed by atoms with van der Waals surface area (Å²) in [5.74, 6) is 7.29. The molecule has 1 heterocycles. The van der Waals surface area contributed by atoms with E-state index in [1.165, 1.54) is 44.9 Å². The van der Waals surface area contributed by atoms with Gasteiger partial charge in [-0.25, -0.2) is 5.43 Å². The van der Waals surface area contributed by atoms with E-state index >= 15 is 0 Å². The number of hydrazine groups is 1. The number of nitrogens with two attached hydrogens (primary N) is 1. The van der Waals surface area contributed by atoms with Crippen LogP contribution in [0, 0.1) is 5.92 Å². The van der Waals surface area contributed by atoms with E-state index in [0.29, 0.717) is 10.9 Å². The number of hydrogen-bond donors (Lipinski definition) is 2. The summed E-state index contributed by atoms with van der Waals surface area (Å²) in [5.41, 5.74) is 3.74. The Morgan fingerprint density at radius 1 is 1.14 bits per heavy atom. The predicted octanol–water partition coefficient (Wildman–Crippen LogP) is 4.95. The van der Waals surface area contributed by atoms with Crippen LogP contribution in [-0.2, 0) is 0 Å². The van der Waals surface area contributed by atoms with Crippen LogP contribution >= 0.6 is 11.6 Å². The maximum Gasteiger partial charge on any atom is 0.152 e. The molecule has 0 spiro atoms. The van der Waals surface area contributed by atoms with Crippen molar-refractivity contribution < 1.29 is 4.42 Å². The molecule has 4 heteroatoms. The number of hydrogen-bond acceptors (Lipinski definition) is 3. The van der Waals surface area contributed by atoms with Crippen LogP contribution in [0.25, 0.3) is 11.0 Å². The summed E-state index contributed by atoms with van der Waals surface area (Å²) in [6, 6.07) is 7.99. The molecule has 2 aromatic rings. The smallest absolute Gasteiger partial charge is 0.152 e. The van der Waals surface area contributed by atoms with Crippen molar-refractivity contribution in [3.8, 4) is 0 Å². The molecule has 0 saturated heterocycles. The molecule has 1 unspecified atom stereocenters. The highest BCUT2D eigenvalue weighted by Crippen LogP contribution is 2.36. The van der Waals surface area contributed by atoms with Crippen LogP contribution in [0.2, 0.25) is 5.02 Å². The number of furan rings is 1. The molecule has 3 nitrogen and oxygen atoms in total. The Morgan fingerprint density at radius 2 is 1.86 bits per heavy atom. The van der Waals surface area contributed by atoms with Gasteiger partial charge in [-0.3, -0.25) is 5.84 Å². The molecule has 0 radical (unpaired) electrons. The molecule has 21 heavy (non-hydrogen) atoms. The fourth-order valence-corrected chi connectivity index (χ4v) is 3.69. The SMILES string of the molecule is NNC(c1cc2cccc(Cl)c2o1)C1CCCCCCC1. The van der Waals surface area contributed by atoms with Gasteiger partial charge in [0.25, 0.3) is 0 Å². The summed E-state index contributed by atoms with van der Waals surface area (Å²) < 4.78 is 6.00. The zero-order valence-corrected chi connectivity index (χ0v) is 13.0. The van der Waals surface area contributed by atoms with Crippen molar-refractivity contribution in [2.45, 2.75) is 51.0 Å². The van der Waals surface area contributed by atoms with Gasteiger partial charge in [-0.1, -0.05) is 55.8 Å². The molecule has 0 aliphatic heterocycles. The van der Waals surface area contributed by atoms with Crippen molar-refractivity contribution in [2.75, 3.05) is 0 Å². The lowest BCUT2D eigenvalue weighted by atomic mass is 9.85. The van der Waals surface area contributed by atoms with Gasteiger partial charge in [0.05, 0.1) is 11.1 Å². The van der Waals surface area contributed by atoms with Gasteiger partial charge in [-0.2, -0.15) is 0 Å². The van der Waals surface area contributed by atoms with Crippen molar-refractivity contribution in [3.05, 3.63) is 35.0 Å². The number of fused-ring (bicyclic) bond motifs is 1. The molecule has 0 amide bonds. The van der Waals surface area contributed by atoms with Crippen LogP contribution in [0.1, 0.15) is 56.7 Å². The van der Waals surface area contributed by atoms with Crippen LogP contribution in [0.15, 0.2) is 28.7 Å². The number of halogens is 1. The average molecular weight is 307 g/mol. The molecule has 1 aliphatic rings. The Morgan fingerprint density at radius 3 is 2.52 bits per heavy atom. The summed E-state index contributed by atoms with van der Waals surface area (Å²) in [6.07, 6.45) is 9.01. The second kappa shape index (κ2) is 6.82. The second-order valence-corrected chi connectivity index (χ2v) is 6.46. The van der Waals surface area contributed by atoms with Crippen LogP contribution in [-0.4, -0.2) is 0 Å². The first-order valence-corrected chi connectivity index (χ1v) is 8.31. The highest BCUT2D eigenvalue weighted by molar-refractivity contribution is 6.34. The van der Waals surface area contributed by atoms with Gasteiger partial charge >= 0.3 is 0 Å². The van der Waals surface area contributed by atoms with Crippen molar-refractivity contribution in [3.63, 3.8) is 0 Å². The van der Waals surface area contributed by atoms with Crippen LogP contribution in [0.4, 0.5) is 0 Å². The Balaban J connectivity index is 1.87. The summed E-state index contributed by atoms with van der Waals surface area (Å²) in [5, 5.41) is 1.70. The average Bonchev–Trinajstić information content (AvgIpc) is 2.87. The molecule has 3 rings (SSSR count). The Hall–Kier alpha value is -1.03. The minimum atomic E-state index is 0.0755. The van der Waals surface area contributed by atoms with Crippen molar-refractivity contribution in [2.24, 2.45) is 11.8 Å². The number of benzene rings is 1. The third-order valence-corrected chi connectivity index (χ3v) is 4.92. The van der Waals surface area contributed by atoms with Gasteiger partial charge in [-0.05, 0) is 30.9 Å². The lowest BCUT2D eigenvalue weighted by Gasteiger charge is -2.26. The van der Waals surface area contributed by atoms with Crippen molar-refractivity contribution in [1.29, 1.82) is 0 Å². The van der Waals surface area contributed by atoms with Gasteiger partial charge in [0.2, 0.25) is 0 Å². The molecule has 1 saturated carbocycles. The molecule has 1 atom stereocenters. The largest absolute Gasteiger partial charge is 0.458 e. The molecular weight excluding hydrogens is 284 g/mol. The van der Waals surface area contributed by atoms with E-state index in [4.69, 9.17) is 21.9 Å². The molecule has 1 fully saturated rings. The first-order chi connectivity index (χ1) is 10.3. The molecule has 114 valence electrons. The van der Waals surface area contributed by atoms with E-state index in [0.717, 1.165) is 16.7 Å². The first kappa shape index (κ1) is 14.9. The third-order valence-electron chi connectivity index (χ3n) is 4.62. The topological polar surface area (TPSA) is 51.2 Å². The monoisotopic (exact) mass is 306 g/mol. The highest BCUT2D eigenvalue weighted by Gasteiger charge is 2.26. The summed E-state index contributed by atoms with van der Waals surface area (Å²) in [4.78, 5) is 0. The summed E-state index contributed by atoms with van der Waals surface area (Å²) >= 11 is 6.21. The van der Waals surface area contributed by atoms with E-state index < -0.39 is 0 Å². The molecule has 1 aromatic carbocycles. The van der Waals surface area contributed by atoms with Crippen LogP contribution < -0.4 is 11.3 Å². The number of para-hydroxylation sites is 1. The third kappa shape index (κ3) is 3.25. The normalized spacial score (nSPS) is 19.3. The lowest BCUT2D eigenvalue weighted by molar-refractivity contribution is 0.263. The highest BCUT2D eigenvalue weighted by atomic mass is 35.5. The Labute approximate surface area is 130 Å². The summed E-state index contributed by atoms with van der Waals surface area (Å²) in [6.45, 7) is 0. The fourth-order valence-electron chi connectivity index (χ4n) is 3.47. The van der Waals surface area contributed by atoms with E-state index in [2.05, 4.69) is 11.5 Å². The fraction of sp³-hybridized carbons (Fsp3) is 0.529. The molecule has 1 aliphatic carbocycles. The Bertz CT molecular complexity index is 587. The quantitative estimate of drug-likeness (QED) is 0.623. The number of rotatable bonds is 3. The maximum absolute atomic E-state index is 6.21. The van der Waals surface area contributed by atoms with Crippen molar-refractivity contribution >= 4 is 22.6 Å². The van der Waals surface area contributed by atoms with Gasteiger partial charge < -0.3 is 4.42 Å². The predicted molar refractivity (Wildman–Crippen MR) is 87.1 cm³/mol. The van der Waals surface area contributed by atoms with E-state index in [9.17, 15) is 0 Å². The van der Waals surface area contributed by atoms with Crippen LogP contribution in [0.5, 0.6) is 0 Å². The van der Waals surface area contributed by atoms with Crippen molar-refractivity contribution in [1.82, 2.24) is 5.43 Å². The lowest BCUT2D eigenvalue weighted by Crippen LogP contribution is -2.33. The molecule has 0 bridgehead atoms. The standard InChI is InChI=1S/C17H23ClN2O/c18-14-10-6-9-13-11-15(21-17(13)14)16(20-19)12-7-4-2-1-3-5-8-12/h6,9-12,16,20H,1-5,7-8,19H2. The molecule has 3 N–H and O–H groups in total. The minimum Gasteiger partial charge on any atom is -0.458 e. The second-order valence-electron chi connectivity index (χ2n) is 6.06. The minimum absolute atomic E-state index is 0.0755. The molecule has 1 aromatic heterocycles. The van der Waals surface area contributed by atoms with Gasteiger partial charge in [0, 0.05) is 5.39 Å². The first-order valence-electron chi connectivity index (χ1n) is 7.93.